The van der Waals surface area contributed by atoms with E-state index in [4.69, 9.17) is 4.74 Å². The fraction of sp³-hybridized carbons (Fsp3) is 0.364. The van der Waals surface area contributed by atoms with Crippen LogP contribution in [-0.4, -0.2) is 18.0 Å². The number of carbonyl (C=O) groups is 1. The van der Waals surface area contributed by atoms with Crippen LogP contribution in [0.15, 0.2) is 29.2 Å². The summed E-state index contributed by atoms with van der Waals surface area (Å²) in [7, 11) is 0. The summed E-state index contributed by atoms with van der Waals surface area (Å²) in [6.45, 7) is 3.48. The Kier molecular flexibility index (Phi) is 5.21. The van der Waals surface area contributed by atoms with Gasteiger partial charge in [-0.3, -0.25) is 5.32 Å². The molecule has 17 heavy (non-hydrogen) atoms. The first kappa shape index (κ1) is 13.8. The van der Waals surface area contributed by atoms with Crippen LogP contribution in [0.5, 0.6) is 0 Å². The molecule has 0 aromatic heterocycles. The van der Waals surface area contributed by atoms with E-state index in [0.717, 1.165) is 0 Å². The van der Waals surface area contributed by atoms with Crippen molar-refractivity contribution in [3.63, 3.8) is 0 Å². The van der Waals surface area contributed by atoms with Gasteiger partial charge in [0.1, 0.15) is 0 Å². The summed E-state index contributed by atoms with van der Waals surface area (Å²) in [5, 5.41) is 2.50. The van der Waals surface area contributed by atoms with Gasteiger partial charge in [-0.05, 0) is 38.1 Å². The highest BCUT2D eigenvalue weighted by atomic mass is 32.2. The molecule has 0 aliphatic rings. The molecule has 1 rings (SSSR count). The third kappa shape index (κ3) is 5.53. The van der Waals surface area contributed by atoms with Gasteiger partial charge in [0.05, 0.1) is 6.10 Å². The largest absolute Gasteiger partial charge is 0.447 e. The average molecular weight is 261 g/mol. The molecule has 94 valence electrons. The van der Waals surface area contributed by atoms with Gasteiger partial charge in [-0.1, -0.05) is 11.8 Å². The molecule has 0 aliphatic carbocycles. The molecule has 0 heterocycles. The van der Waals surface area contributed by atoms with Crippen LogP contribution in [0.2, 0.25) is 0 Å². The topological polar surface area (TPSA) is 38.3 Å². The number of carbonyl (C=O) groups excluding carboxylic acids is 1. The summed E-state index contributed by atoms with van der Waals surface area (Å²) in [4.78, 5) is 11.7. The SMILES string of the molecule is CC(C)OC(=O)Nc1ccc(SC(F)F)cc1. The second kappa shape index (κ2) is 6.44. The zero-order valence-electron chi connectivity index (χ0n) is 9.44. The number of anilines is 1. The molecule has 0 radical (unpaired) electrons. The number of halogens is 2. The van der Waals surface area contributed by atoms with Crippen LogP contribution in [0.1, 0.15) is 13.8 Å². The molecule has 6 heteroatoms. The van der Waals surface area contributed by atoms with Gasteiger partial charge in [0.2, 0.25) is 0 Å². The van der Waals surface area contributed by atoms with E-state index in [9.17, 15) is 13.6 Å². The van der Waals surface area contributed by atoms with Gasteiger partial charge in [-0.2, -0.15) is 8.78 Å². The van der Waals surface area contributed by atoms with Gasteiger partial charge in [0.15, 0.2) is 0 Å². The second-order valence-corrected chi connectivity index (χ2v) is 4.55. The normalized spacial score (nSPS) is 10.7. The molecule has 0 saturated carbocycles. The Bertz CT molecular complexity index is 368. The van der Waals surface area contributed by atoms with Crippen LogP contribution in [0, 0.1) is 0 Å². The summed E-state index contributed by atoms with van der Waals surface area (Å²) in [5.74, 6) is -2.44. The van der Waals surface area contributed by atoms with Gasteiger partial charge >= 0.3 is 6.09 Å². The molecule has 1 N–H and O–H groups in total. The van der Waals surface area contributed by atoms with Crippen molar-refractivity contribution in [3.8, 4) is 0 Å². The molecule has 0 bridgehead atoms. The van der Waals surface area contributed by atoms with E-state index < -0.39 is 11.9 Å². The zero-order chi connectivity index (χ0) is 12.8. The van der Waals surface area contributed by atoms with Crippen molar-refractivity contribution in [1.29, 1.82) is 0 Å². The number of benzene rings is 1. The predicted molar refractivity (Wildman–Crippen MR) is 63.5 cm³/mol. The van der Waals surface area contributed by atoms with Crippen molar-refractivity contribution in [1.82, 2.24) is 0 Å². The Labute approximate surface area is 103 Å². The predicted octanol–water partition coefficient (Wildman–Crippen LogP) is 3.96. The highest BCUT2D eigenvalue weighted by Gasteiger charge is 2.07. The van der Waals surface area contributed by atoms with E-state index >= 15 is 0 Å². The maximum Gasteiger partial charge on any atom is 0.411 e. The maximum atomic E-state index is 12.0. The quantitative estimate of drug-likeness (QED) is 0.834. The fourth-order valence-electron chi connectivity index (χ4n) is 1.08. The van der Waals surface area contributed by atoms with Gasteiger partial charge in [0, 0.05) is 10.6 Å². The number of alkyl halides is 2. The van der Waals surface area contributed by atoms with Crippen molar-refractivity contribution in [2.24, 2.45) is 0 Å². The molecule has 0 spiro atoms. The van der Waals surface area contributed by atoms with Crippen LogP contribution in [0.4, 0.5) is 19.3 Å². The second-order valence-electron chi connectivity index (χ2n) is 3.48. The van der Waals surface area contributed by atoms with Gasteiger partial charge in [0.25, 0.3) is 5.76 Å². The molecule has 0 unspecified atom stereocenters. The Hall–Kier alpha value is -1.30. The lowest BCUT2D eigenvalue weighted by molar-refractivity contribution is 0.130. The van der Waals surface area contributed by atoms with Gasteiger partial charge in [-0.25, -0.2) is 4.79 Å². The number of thioether (sulfide) groups is 1. The molecular weight excluding hydrogens is 248 g/mol. The lowest BCUT2D eigenvalue weighted by atomic mass is 10.3. The van der Waals surface area contributed by atoms with Crippen molar-refractivity contribution in [3.05, 3.63) is 24.3 Å². The van der Waals surface area contributed by atoms with Crippen LogP contribution < -0.4 is 5.32 Å². The molecule has 0 atom stereocenters. The third-order valence-corrected chi connectivity index (χ3v) is 2.39. The summed E-state index contributed by atoms with van der Waals surface area (Å²) in [5.41, 5.74) is 0.509. The van der Waals surface area contributed by atoms with Crippen molar-refractivity contribution >= 4 is 23.5 Å². The van der Waals surface area contributed by atoms with Crippen molar-refractivity contribution in [2.45, 2.75) is 30.6 Å². The first-order valence-electron chi connectivity index (χ1n) is 5.00. The van der Waals surface area contributed by atoms with E-state index in [1.807, 2.05) is 0 Å². The van der Waals surface area contributed by atoms with Crippen LogP contribution >= 0.6 is 11.8 Å². The van der Waals surface area contributed by atoms with Crippen LogP contribution in [0.3, 0.4) is 0 Å². The number of ether oxygens (including phenoxy) is 1. The lowest BCUT2D eigenvalue weighted by Gasteiger charge is -2.09. The summed E-state index contributed by atoms with van der Waals surface area (Å²) >= 11 is 0.459. The Morgan fingerprint density at radius 3 is 2.35 bits per heavy atom. The molecular formula is C11H13F2NO2S. The molecule has 1 amide bonds. The number of amides is 1. The smallest absolute Gasteiger partial charge is 0.411 e. The lowest BCUT2D eigenvalue weighted by Crippen LogP contribution is -2.17. The van der Waals surface area contributed by atoms with Crippen LogP contribution in [0.25, 0.3) is 0 Å². The highest BCUT2D eigenvalue weighted by Crippen LogP contribution is 2.26. The minimum atomic E-state index is -2.44. The summed E-state index contributed by atoms with van der Waals surface area (Å²) in [6, 6.07) is 6.13. The zero-order valence-corrected chi connectivity index (χ0v) is 10.3. The van der Waals surface area contributed by atoms with E-state index in [1.165, 1.54) is 12.1 Å². The van der Waals surface area contributed by atoms with E-state index in [1.54, 1.807) is 26.0 Å². The first-order chi connectivity index (χ1) is 7.97. The highest BCUT2D eigenvalue weighted by molar-refractivity contribution is 7.99. The molecule has 1 aromatic carbocycles. The van der Waals surface area contributed by atoms with Crippen molar-refractivity contribution in [2.75, 3.05) is 5.32 Å². The monoisotopic (exact) mass is 261 g/mol. The minimum Gasteiger partial charge on any atom is -0.447 e. The summed E-state index contributed by atoms with van der Waals surface area (Å²) < 4.78 is 29.0. The van der Waals surface area contributed by atoms with Gasteiger partial charge in [-0.15, -0.1) is 0 Å². The first-order valence-corrected chi connectivity index (χ1v) is 5.88. The summed E-state index contributed by atoms with van der Waals surface area (Å²) in [6.07, 6.45) is -0.766. The van der Waals surface area contributed by atoms with Crippen molar-refractivity contribution < 1.29 is 18.3 Å². The average Bonchev–Trinajstić information content (AvgIpc) is 2.18. The molecule has 3 nitrogen and oxygen atoms in total. The minimum absolute atomic E-state index is 0.205. The molecule has 0 aliphatic heterocycles. The Morgan fingerprint density at radius 2 is 1.88 bits per heavy atom. The molecule has 0 saturated heterocycles. The Balaban J connectivity index is 2.53. The number of hydrogen-bond acceptors (Lipinski definition) is 3. The maximum absolute atomic E-state index is 12.0. The number of hydrogen-bond donors (Lipinski definition) is 1. The standard InChI is InChI=1S/C11H13F2NO2S/c1-7(2)16-11(15)14-8-3-5-9(6-4-8)17-10(12)13/h3-7,10H,1-2H3,(H,14,15). The van der Waals surface area contributed by atoms with E-state index in [0.29, 0.717) is 22.3 Å². The third-order valence-electron chi connectivity index (χ3n) is 1.67. The van der Waals surface area contributed by atoms with Gasteiger partial charge < -0.3 is 4.74 Å². The fourth-order valence-corrected chi connectivity index (χ4v) is 1.58. The van der Waals surface area contributed by atoms with E-state index in [2.05, 4.69) is 5.32 Å². The Morgan fingerprint density at radius 1 is 1.29 bits per heavy atom. The molecule has 1 aromatic rings. The number of nitrogens with one attached hydrogen (secondary N) is 1. The van der Waals surface area contributed by atoms with E-state index in [-0.39, 0.29) is 6.10 Å². The van der Waals surface area contributed by atoms with Crippen LogP contribution in [-0.2, 0) is 4.74 Å². The molecule has 0 fully saturated rings. The number of rotatable bonds is 4.